The van der Waals surface area contributed by atoms with Crippen LogP contribution in [0.4, 0.5) is 11.5 Å². The lowest BCUT2D eigenvalue weighted by molar-refractivity contribution is 0.358. The third-order valence-electron chi connectivity index (χ3n) is 7.33. The molecule has 1 aliphatic rings. The molecule has 0 radical (unpaired) electrons. The van der Waals surface area contributed by atoms with Gasteiger partial charge in [-0.05, 0) is 57.9 Å². The topological polar surface area (TPSA) is 74.2 Å². The van der Waals surface area contributed by atoms with Crippen molar-refractivity contribution in [2.24, 2.45) is 19.1 Å². The van der Waals surface area contributed by atoms with E-state index in [-0.39, 0.29) is 0 Å². The second-order valence-electron chi connectivity index (χ2n) is 10.7. The van der Waals surface area contributed by atoms with E-state index in [4.69, 9.17) is 9.73 Å². The Morgan fingerprint density at radius 3 is 2.44 bits per heavy atom. The first-order valence-corrected chi connectivity index (χ1v) is 13.7. The molecule has 8 heteroatoms. The Bertz CT molecular complexity index is 1510. The van der Waals surface area contributed by atoms with Crippen LogP contribution in [0.25, 0.3) is 28.6 Å². The number of allylic oxidation sites excluding steroid dienone is 1. The van der Waals surface area contributed by atoms with Crippen molar-refractivity contribution in [1.29, 1.82) is 0 Å². The van der Waals surface area contributed by atoms with Gasteiger partial charge in [-0.2, -0.15) is 10.2 Å². The summed E-state index contributed by atoms with van der Waals surface area (Å²) in [6.45, 7) is 6.28. The van der Waals surface area contributed by atoms with Crippen molar-refractivity contribution in [3.05, 3.63) is 60.1 Å². The predicted octanol–water partition coefficient (Wildman–Crippen LogP) is 7.39. The summed E-state index contributed by atoms with van der Waals surface area (Å²) in [6.07, 6.45) is 14.2. The molecule has 4 aromatic rings. The number of rotatable bonds is 7. The molecule has 8 nitrogen and oxygen atoms in total. The van der Waals surface area contributed by atoms with Crippen molar-refractivity contribution in [1.82, 2.24) is 24.1 Å². The zero-order valence-corrected chi connectivity index (χ0v) is 23.9. The van der Waals surface area contributed by atoms with Crippen LogP contribution in [0.3, 0.4) is 0 Å². The summed E-state index contributed by atoms with van der Waals surface area (Å²) < 4.78 is 11.9. The number of anilines is 1. The van der Waals surface area contributed by atoms with Gasteiger partial charge in [0.15, 0.2) is 0 Å². The number of benzene rings is 1. The lowest BCUT2D eigenvalue weighted by atomic mass is 9.95. The maximum atomic E-state index is 5.76. The normalized spacial score (nSPS) is 14.5. The minimum Gasteiger partial charge on any atom is -0.495 e. The summed E-state index contributed by atoms with van der Waals surface area (Å²) in [5, 5.41) is 12.3. The van der Waals surface area contributed by atoms with E-state index >= 15 is 0 Å². The van der Waals surface area contributed by atoms with Gasteiger partial charge in [-0.25, -0.2) is 4.99 Å². The number of aryl methyl sites for hydroxylation is 2. The fourth-order valence-corrected chi connectivity index (χ4v) is 5.55. The van der Waals surface area contributed by atoms with E-state index in [9.17, 15) is 0 Å². The third-order valence-corrected chi connectivity index (χ3v) is 7.33. The van der Waals surface area contributed by atoms with Gasteiger partial charge in [0.1, 0.15) is 17.4 Å². The summed E-state index contributed by atoms with van der Waals surface area (Å²) >= 11 is 0. The van der Waals surface area contributed by atoms with Gasteiger partial charge in [0, 0.05) is 49.2 Å². The second-order valence-corrected chi connectivity index (χ2v) is 10.7. The Hall–Kier alpha value is -4.07. The van der Waals surface area contributed by atoms with E-state index in [2.05, 4.69) is 58.3 Å². The molecule has 0 unspecified atom stereocenters. The lowest BCUT2D eigenvalue weighted by Crippen LogP contribution is -2.15. The first-order valence-electron chi connectivity index (χ1n) is 13.7. The SMILES string of the molecule is COc1cc(-c2ccnn2C)ccc1N/C(C)=N/c1c(C=C(C)C)cc(-c2cnn(C)c2)n1C1CCCCC1. The molecule has 0 spiro atoms. The van der Waals surface area contributed by atoms with Crippen LogP contribution in [0.1, 0.15) is 64.5 Å². The summed E-state index contributed by atoms with van der Waals surface area (Å²) in [7, 11) is 5.60. The molecule has 3 aromatic heterocycles. The van der Waals surface area contributed by atoms with E-state index in [1.807, 2.05) is 54.8 Å². The van der Waals surface area contributed by atoms with E-state index < -0.39 is 0 Å². The van der Waals surface area contributed by atoms with Gasteiger partial charge < -0.3 is 14.6 Å². The highest BCUT2D eigenvalue weighted by Crippen LogP contribution is 2.41. The summed E-state index contributed by atoms with van der Waals surface area (Å²) in [5.41, 5.74) is 7.60. The van der Waals surface area contributed by atoms with Gasteiger partial charge in [0.2, 0.25) is 0 Å². The molecule has 0 atom stereocenters. The minimum absolute atomic E-state index is 0.410. The van der Waals surface area contributed by atoms with E-state index in [0.717, 1.165) is 58.3 Å². The van der Waals surface area contributed by atoms with Crippen molar-refractivity contribution >= 4 is 23.4 Å². The molecule has 3 heterocycles. The Balaban J connectivity index is 1.57. The van der Waals surface area contributed by atoms with E-state index in [0.29, 0.717) is 6.04 Å². The molecule has 5 rings (SSSR count). The van der Waals surface area contributed by atoms with Crippen LogP contribution in [0.5, 0.6) is 5.75 Å². The first kappa shape index (κ1) is 26.5. The maximum Gasteiger partial charge on any atom is 0.143 e. The summed E-state index contributed by atoms with van der Waals surface area (Å²) in [6, 6.07) is 10.8. The molecule has 39 heavy (non-hydrogen) atoms. The fourth-order valence-electron chi connectivity index (χ4n) is 5.55. The van der Waals surface area contributed by atoms with Gasteiger partial charge >= 0.3 is 0 Å². The molecule has 1 N–H and O–H groups in total. The number of aliphatic imine (C=N–C) groups is 1. The predicted molar refractivity (Wildman–Crippen MR) is 160 cm³/mol. The number of amidine groups is 1. The zero-order chi connectivity index (χ0) is 27.5. The van der Waals surface area contributed by atoms with Gasteiger partial charge in [0.25, 0.3) is 0 Å². The number of nitrogens with one attached hydrogen (secondary N) is 1. The molecular weight excluding hydrogens is 486 g/mol. The van der Waals surface area contributed by atoms with Gasteiger partial charge in [-0.15, -0.1) is 0 Å². The number of ether oxygens (including phenoxy) is 1. The Labute approximate surface area is 231 Å². The van der Waals surface area contributed by atoms with Crippen molar-refractivity contribution in [2.45, 2.75) is 58.9 Å². The van der Waals surface area contributed by atoms with Crippen molar-refractivity contribution in [3.63, 3.8) is 0 Å². The summed E-state index contributed by atoms with van der Waals surface area (Å²) in [4.78, 5) is 5.22. The fraction of sp³-hybridized carbons (Fsp3) is 0.387. The van der Waals surface area contributed by atoms with Gasteiger partial charge in [-0.3, -0.25) is 9.36 Å². The number of methoxy groups -OCH3 is 1. The summed E-state index contributed by atoms with van der Waals surface area (Å²) in [5.74, 6) is 2.54. The molecule has 0 amide bonds. The first-order chi connectivity index (χ1) is 18.8. The highest BCUT2D eigenvalue weighted by Gasteiger charge is 2.24. The molecule has 0 saturated heterocycles. The third kappa shape index (κ3) is 5.70. The standard InChI is InChI=1S/C31H39N7O/c1-21(2)16-24-17-29(25-19-33-36(4)20-25)38(26-10-8-7-9-11-26)31(24)35-22(3)34-27-13-12-23(18-30(27)39-6)28-14-15-32-37(28)5/h12-20,26H,7-11H2,1-6H3,(H,34,35). The monoisotopic (exact) mass is 525 g/mol. The maximum absolute atomic E-state index is 5.76. The molecule has 1 saturated carbocycles. The Kier molecular flexibility index (Phi) is 7.72. The molecule has 1 aliphatic carbocycles. The zero-order valence-electron chi connectivity index (χ0n) is 23.9. The molecule has 0 bridgehead atoms. The molecule has 1 aromatic carbocycles. The number of nitrogens with zero attached hydrogens (tertiary/aromatic N) is 6. The smallest absolute Gasteiger partial charge is 0.143 e. The van der Waals surface area contributed by atoms with Crippen molar-refractivity contribution in [3.8, 4) is 28.3 Å². The van der Waals surface area contributed by atoms with Crippen molar-refractivity contribution in [2.75, 3.05) is 12.4 Å². The largest absolute Gasteiger partial charge is 0.495 e. The van der Waals surface area contributed by atoms with Crippen LogP contribution in [0.2, 0.25) is 0 Å². The lowest BCUT2D eigenvalue weighted by Gasteiger charge is -2.27. The minimum atomic E-state index is 0.410. The average molecular weight is 526 g/mol. The number of aromatic nitrogens is 5. The van der Waals surface area contributed by atoms with Crippen LogP contribution in [0.15, 0.2) is 59.5 Å². The number of hydrogen-bond donors (Lipinski definition) is 1. The highest BCUT2D eigenvalue weighted by molar-refractivity contribution is 5.97. The molecule has 204 valence electrons. The van der Waals surface area contributed by atoms with Crippen molar-refractivity contribution < 1.29 is 4.74 Å². The van der Waals surface area contributed by atoms with Crippen LogP contribution < -0.4 is 10.1 Å². The Morgan fingerprint density at radius 1 is 1.00 bits per heavy atom. The van der Waals surface area contributed by atoms with Crippen LogP contribution in [-0.4, -0.2) is 37.1 Å². The molecular formula is C31H39N7O. The van der Waals surface area contributed by atoms with Gasteiger partial charge in [-0.1, -0.05) is 37.0 Å². The second kappa shape index (κ2) is 11.4. The Morgan fingerprint density at radius 2 is 1.79 bits per heavy atom. The quantitative estimate of drug-likeness (QED) is 0.202. The van der Waals surface area contributed by atoms with Crippen LogP contribution >= 0.6 is 0 Å². The molecule has 0 aliphatic heterocycles. The van der Waals surface area contributed by atoms with E-state index in [1.54, 1.807) is 13.3 Å². The van der Waals surface area contributed by atoms with Gasteiger partial charge in [0.05, 0.1) is 30.4 Å². The van der Waals surface area contributed by atoms with Crippen LogP contribution in [0, 0.1) is 0 Å². The van der Waals surface area contributed by atoms with Crippen LogP contribution in [-0.2, 0) is 14.1 Å². The number of hydrogen-bond acceptors (Lipinski definition) is 4. The molecule has 1 fully saturated rings. The highest BCUT2D eigenvalue weighted by atomic mass is 16.5. The van der Waals surface area contributed by atoms with E-state index in [1.165, 1.54) is 30.5 Å². The average Bonchev–Trinajstić information content (AvgIpc) is 3.63.